The predicted molar refractivity (Wildman–Crippen MR) is 167 cm³/mol. The van der Waals surface area contributed by atoms with Gasteiger partial charge in [-0.15, -0.1) is 0 Å². The fourth-order valence-electron chi connectivity index (χ4n) is 7.62. The van der Waals surface area contributed by atoms with Crippen LogP contribution in [-0.2, 0) is 33.5 Å². The van der Waals surface area contributed by atoms with E-state index in [9.17, 15) is 26.3 Å². The number of hydrogen-bond donors (Lipinski definition) is 0. The molecule has 7 rings (SSSR count). The molecule has 2 unspecified atom stereocenters. The second kappa shape index (κ2) is 11.3. The Kier molecular flexibility index (Phi) is 7.66. The Labute approximate surface area is 275 Å². The van der Waals surface area contributed by atoms with E-state index in [0.717, 1.165) is 92.8 Å². The molecule has 2 aliphatic carbocycles. The third kappa shape index (κ3) is 5.39. The van der Waals surface area contributed by atoms with E-state index in [1.165, 1.54) is 24.3 Å². The van der Waals surface area contributed by atoms with Gasteiger partial charge in [0.2, 0.25) is 0 Å². The fourth-order valence-corrected chi connectivity index (χ4v) is 19.7. The van der Waals surface area contributed by atoms with Crippen LogP contribution in [0.15, 0.2) is 83.9 Å². The van der Waals surface area contributed by atoms with Gasteiger partial charge >= 0.3 is 276 Å². The van der Waals surface area contributed by atoms with Gasteiger partial charge in [0.15, 0.2) is 0 Å². The van der Waals surface area contributed by atoms with Crippen LogP contribution in [0.2, 0.25) is 0 Å². The molecule has 0 saturated carbocycles. The average molecular weight is 726 g/mol. The number of fused-ring (bicyclic) bond motifs is 6. The van der Waals surface area contributed by atoms with Gasteiger partial charge in [-0.2, -0.15) is 0 Å². The van der Waals surface area contributed by atoms with Crippen LogP contribution in [0.3, 0.4) is 0 Å². The monoisotopic (exact) mass is 724 g/mol. The van der Waals surface area contributed by atoms with Crippen molar-refractivity contribution in [1.82, 2.24) is 0 Å². The quantitative estimate of drug-likeness (QED) is 0.195. The van der Waals surface area contributed by atoms with E-state index in [1.807, 2.05) is 13.8 Å². The van der Waals surface area contributed by atoms with Crippen molar-refractivity contribution in [1.29, 1.82) is 0 Å². The van der Waals surface area contributed by atoms with E-state index in [0.29, 0.717) is 0 Å². The van der Waals surface area contributed by atoms with Gasteiger partial charge in [0.25, 0.3) is 0 Å². The summed E-state index contributed by atoms with van der Waals surface area (Å²) in [6.45, 7) is 8.19. The molecule has 0 aromatic heterocycles. The van der Waals surface area contributed by atoms with Crippen LogP contribution in [0.4, 0.5) is 26.3 Å². The zero-order valence-corrected chi connectivity index (χ0v) is 28.7. The summed E-state index contributed by atoms with van der Waals surface area (Å²) in [5, 5.41) is 0. The van der Waals surface area contributed by atoms with Crippen molar-refractivity contribution in [2.45, 2.75) is 60.1 Å². The molecule has 1 fully saturated rings. The van der Waals surface area contributed by atoms with E-state index in [2.05, 4.69) is 50.3 Å². The summed E-state index contributed by atoms with van der Waals surface area (Å²) in [6, 6.07) is 17.7. The van der Waals surface area contributed by atoms with E-state index in [1.54, 1.807) is 0 Å². The first-order valence-corrected chi connectivity index (χ1v) is 20.4. The molecule has 0 radical (unpaired) electrons. The van der Waals surface area contributed by atoms with E-state index >= 15 is 0 Å². The van der Waals surface area contributed by atoms with Crippen LogP contribution in [0.5, 0.6) is 11.5 Å². The van der Waals surface area contributed by atoms with Crippen LogP contribution in [0, 0.1) is 27.7 Å². The van der Waals surface area contributed by atoms with E-state index < -0.39 is 44.6 Å². The summed E-state index contributed by atoms with van der Waals surface area (Å²) in [6.07, 6.45) is -3.15. The summed E-state index contributed by atoms with van der Waals surface area (Å²) in [4.78, 5) is 0. The number of rotatable bonds is 4. The van der Waals surface area contributed by atoms with Crippen LogP contribution >= 0.6 is 0 Å². The van der Waals surface area contributed by atoms with Crippen molar-refractivity contribution >= 4 is 12.2 Å². The molecule has 47 heavy (non-hydrogen) atoms. The van der Waals surface area contributed by atoms with Crippen molar-refractivity contribution < 1.29 is 53.1 Å². The standard InChI is InChI=1S/C24H24.2C7H5F3O.Zr/c1-15-5-6-16(2)22-12-19(11-21(15)22)9-10-20-13-23-17(3)7-8-18(4)24(23)14-20;2*8-7(9,10)5-1-3-6(11)4-2-5;/h5-8,11-14H,9-10H2,1-4H3;2*1-4,11H;/q;;;+2/p-2. The Morgan fingerprint density at radius 3 is 1.19 bits per heavy atom. The van der Waals surface area contributed by atoms with Crippen LogP contribution in [-0.4, -0.2) is 0 Å². The Hall–Kier alpha value is -3.58. The molecule has 242 valence electrons. The molecule has 9 heteroatoms. The van der Waals surface area contributed by atoms with Crippen molar-refractivity contribution in [3.05, 3.63) is 140 Å². The second-order valence-electron chi connectivity index (χ2n) is 12.8. The number of allylic oxidation sites excluding steroid dienone is 2. The molecule has 0 spiro atoms. The maximum atomic E-state index is 13.6. The van der Waals surface area contributed by atoms with E-state index in [4.69, 9.17) is 5.63 Å². The third-order valence-corrected chi connectivity index (χ3v) is 19.8. The molecular formula is C38H32F6O2Zr. The van der Waals surface area contributed by atoms with Crippen molar-refractivity contribution in [3.8, 4) is 11.5 Å². The molecule has 0 bridgehead atoms. The first kappa shape index (κ1) is 32.0. The summed E-state index contributed by atoms with van der Waals surface area (Å²) >= 11 is -5.08. The van der Waals surface area contributed by atoms with E-state index in [-0.39, 0.29) is 18.8 Å². The molecule has 4 aromatic rings. The second-order valence-corrected chi connectivity index (χ2v) is 20.2. The van der Waals surface area contributed by atoms with Crippen LogP contribution < -0.4 is 5.63 Å². The van der Waals surface area contributed by atoms with Crippen molar-refractivity contribution in [2.24, 2.45) is 0 Å². The molecule has 0 N–H and O–H groups in total. The molecule has 3 aliphatic rings. The van der Waals surface area contributed by atoms with Gasteiger partial charge < -0.3 is 0 Å². The fraction of sp³-hybridized carbons (Fsp3) is 0.263. The Balaban J connectivity index is 1.51. The predicted octanol–water partition coefficient (Wildman–Crippen LogP) is 11.5. The van der Waals surface area contributed by atoms with Crippen molar-refractivity contribution in [3.63, 3.8) is 0 Å². The minimum atomic E-state index is -5.08. The van der Waals surface area contributed by atoms with Gasteiger partial charge in [0.05, 0.1) is 0 Å². The van der Waals surface area contributed by atoms with Gasteiger partial charge in [-0.05, 0) is 0 Å². The van der Waals surface area contributed by atoms with Crippen LogP contribution in [0.1, 0.15) is 75.7 Å². The molecule has 0 amide bonds. The first-order chi connectivity index (χ1) is 22.2. The number of hydrogen-bond acceptors (Lipinski definition) is 2. The number of halogens is 6. The SMILES string of the molecule is Cc1ccc(C)c2c1C=C1CCC3=Cc4c(C)ccc(C)c4[CH]3[Zr]([O]c3ccc(C(F)(F)F)cc3)([O]c3ccc(C(F)(F)F)cc3)[CH]12. The Morgan fingerprint density at radius 2 is 0.851 bits per heavy atom. The summed E-state index contributed by atoms with van der Waals surface area (Å²) in [5.41, 5.74) is 9.27. The summed E-state index contributed by atoms with van der Waals surface area (Å²) in [7, 11) is 0. The topological polar surface area (TPSA) is 18.5 Å². The van der Waals surface area contributed by atoms with Gasteiger partial charge in [-0.25, -0.2) is 0 Å². The average Bonchev–Trinajstić information content (AvgIpc) is 3.58. The number of aryl methyl sites for hydroxylation is 4. The summed E-state index contributed by atoms with van der Waals surface area (Å²) in [5.74, 6) is 0.498. The van der Waals surface area contributed by atoms with Gasteiger partial charge in [0.1, 0.15) is 0 Å². The molecule has 1 heterocycles. The third-order valence-electron chi connectivity index (χ3n) is 9.85. The molecule has 1 saturated heterocycles. The van der Waals surface area contributed by atoms with Gasteiger partial charge in [-0.3, -0.25) is 0 Å². The zero-order chi connectivity index (χ0) is 33.5. The van der Waals surface area contributed by atoms with Crippen molar-refractivity contribution in [2.75, 3.05) is 0 Å². The molecule has 2 nitrogen and oxygen atoms in total. The normalized spacial score (nSPS) is 19.5. The van der Waals surface area contributed by atoms with Gasteiger partial charge in [-0.1, -0.05) is 0 Å². The zero-order valence-electron chi connectivity index (χ0n) is 26.2. The molecule has 1 aliphatic heterocycles. The van der Waals surface area contributed by atoms with Crippen LogP contribution in [0.25, 0.3) is 12.2 Å². The first-order valence-electron chi connectivity index (χ1n) is 15.5. The molecular weight excluding hydrogens is 694 g/mol. The molecule has 4 aromatic carbocycles. The number of benzene rings is 4. The summed E-state index contributed by atoms with van der Waals surface area (Å²) < 4.78 is 95.5. The number of alkyl halides is 6. The maximum absolute atomic E-state index is 13.6. The Morgan fingerprint density at radius 1 is 0.511 bits per heavy atom. The Bertz CT molecular complexity index is 1810. The van der Waals surface area contributed by atoms with Gasteiger partial charge in [0, 0.05) is 0 Å². The molecule has 2 atom stereocenters. The minimum absolute atomic E-state index is 0.249.